The monoisotopic (exact) mass is 284 g/mol. The average Bonchev–Trinajstić information content (AvgIpc) is 2.90. The molecule has 0 radical (unpaired) electrons. The number of hydrogen-bond acceptors (Lipinski definition) is 3. The minimum Gasteiger partial charge on any atom is -0.315 e. The molecule has 3 rings (SSSR count). The van der Waals surface area contributed by atoms with Crippen LogP contribution in [0.4, 0.5) is 5.69 Å². The van der Waals surface area contributed by atoms with E-state index < -0.39 is 0 Å². The van der Waals surface area contributed by atoms with Crippen LogP contribution in [0.15, 0.2) is 36.5 Å². The van der Waals surface area contributed by atoms with Crippen LogP contribution in [-0.2, 0) is 18.3 Å². The Labute approximate surface area is 124 Å². The number of nitrogens with one attached hydrogen (secondary N) is 1. The molecule has 1 aliphatic heterocycles. The molecule has 0 saturated heterocycles. The summed E-state index contributed by atoms with van der Waals surface area (Å²) in [5.41, 5.74) is 3.39. The third-order valence-corrected chi connectivity index (χ3v) is 4.12. The van der Waals surface area contributed by atoms with Crippen LogP contribution in [0.2, 0.25) is 0 Å². The van der Waals surface area contributed by atoms with E-state index in [0.29, 0.717) is 6.42 Å². The van der Waals surface area contributed by atoms with Gasteiger partial charge in [-0.05, 0) is 17.7 Å². The number of nitrogens with zero attached hydrogens (tertiary/aromatic N) is 3. The zero-order valence-corrected chi connectivity index (χ0v) is 12.4. The van der Waals surface area contributed by atoms with E-state index in [-0.39, 0.29) is 11.9 Å². The maximum Gasteiger partial charge on any atom is 0.228 e. The van der Waals surface area contributed by atoms with Crippen molar-refractivity contribution < 1.29 is 4.79 Å². The van der Waals surface area contributed by atoms with Crippen molar-refractivity contribution in [3.05, 3.63) is 47.8 Å². The molecule has 2 aromatic rings. The van der Waals surface area contributed by atoms with E-state index in [1.807, 2.05) is 49.2 Å². The van der Waals surface area contributed by atoms with E-state index >= 15 is 0 Å². The fourth-order valence-corrected chi connectivity index (χ4v) is 2.85. The number of rotatable bonds is 4. The quantitative estimate of drug-likeness (QED) is 0.929. The van der Waals surface area contributed by atoms with Crippen LogP contribution in [0.3, 0.4) is 0 Å². The SMILES string of the molecule is CN1C(=O)CC(NCCc2ccnn2C)c2ccccc21. The Morgan fingerprint density at radius 1 is 1.29 bits per heavy atom. The fourth-order valence-electron chi connectivity index (χ4n) is 2.85. The second kappa shape index (κ2) is 5.69. The Morgan fingerprint density at radius 2 is 2.10 bits per heavy atom. The maximum absolute atomic E-state index is 12.1. The van der Waals surface area contributed by atoms with Crippen LogP contribution in [0, 0.1) is 0 Å². The number of amides is 1. The molecule has 0 aliphatic carbocycles. The summed E-state index contributed by atoms with van der Waals surface area (Å²) in [6.45, 7) is 0.829. The molecule has 2 heterocycles. The zero-order valence-electron chi connectivity index (χ0n) is 12.4. The number of aromatic nitrogens is 2. The van der Waals surface area contributed by atoms with Gasteiger partial charge in [-0.3, -0.25) is 9.48 Å². The van der Waals surface area contributed by atoms with Crippen molar-refractivity contribution in [2.45, 2.75) is 18.9 Å². The minimum atomic E-state index is 0.0955. The maximum atomic E-state index is 12.1. The van der Waals surface area contributed by atoms with Crippen LogP contribution in [0.25, 0.3) is 0 Å². The molecule has 1 atom stereocenters. The van der Waals surface area contributed by atoms with Gasteiger partial charge in [0.2, 0.25) is 5.91 Å². The van der Waals surface area contributed by atoms with Crippen molar-refractivity contribution in [3.63, 3.8) is 0 Å². The Balaban J connectivity index is 1.70. The first-order valence-corrected chi connectivity index (χ1v) is 7.22. The van der Waals surface area contributed by atoms with Gasteiger partial charge < -0.3 is 10.2 Å². The van der Waals surface area contributed by atoms with E-state index in [2.05, 4.69) is 16.5 Å². The summed E-state index contributed by atoms with van der Waals surface area (Å²) >= 11 is 0. The van der Waals surface area contributed by atoms with Crippen molar-refractivity contribution in [1.29, 1.82) is 0 Å². The van der Waals surface area contributed by atoms with Gasteiger partial charge in [-0.2, -0.15) is 5.10 Å². The van der Waals surface area contributed by atoms with Crippen LogP contribution in [-0.4, -0.2) is 29.3 Å². The number of carbonyl (C=O) groups is 1. The zero-order chi connectivity index (χ0) is 14.8. The Hall–Kier alpha value is -2.14. The lowest BCUT2D eigenvalue weighted by Crippen LogP contribution is -2.38. The summed E-state index contributed by atoms with van der Waals surface area (Å²) in [5.74, 6) is 0.159. The molecular formula is C16H20N4O. The number of anilines is 1. The highest BCUT2D eigenvalue weighted by Crippen LogP contribution is 2.33. The highest BCUT2D eigenvalue weighted by molar-refractivity contribution is 5.96. The number of carbonyl (C=O) groups excluding carboxylic acids is 1. The van der Waals surface area contributed by atoms with E-state index in [4.69, 9.17) is 0 Å². The summed E-state index contributed by atoms with van der Waals surface area (Å²) < 4.78 is 1.88. The van der Waals surface area contributed by atoms with E-state index in [9.17, 15) is 4.79 Å². The van der Waals surface area contributed by atoms with Gasteiger partial charge in [-0.15, -0.1) is 0 Å². The molecule has 1 aromatic heterocycles. The molecule has 1 aromatic carbocycles. The summed E-state index contributed by atoms with van der Waals surface area (Å²) in [6.07, 6.45) is 3.22. The van der Waals surface area contributed by atoms with Crippen LogP contribution in [0.1, 0.15) is 23.7 Å². The molecule has 21 heavy (non-hydrogen) atoms. The molecule has 5 nitrogen and oxygen atoms in total. The van der Waals surface area contributed by atoms with Crippen LogP contribution < -0.4 is 10.2 Å². The predicted octanol–water partition coefficient (Wildman–Crippen LogP) is 1.66. The minimum absolute atomic E-state index is 0.0955. The first kappa shape index (κ1) is 13.8. The molecule has 1 amide bonds. The lowest BCUT2D eigenvalue weighted by molar-refractivity contribution is -0.119. The van der Waals surface area contributed by atoms with Crippen molar-refractivity contribution >= 4 is 11.6 Å². The van der Waals surface area contributed by atoms with E-state index in [1.165, 1.54) is 11.3 Å². The molecule has 0 fully saturated rings. The fraction of sp³-hybridized carbons (Fsp3) is 0.375. The second-order valence-corrected chi connectivity index (χ2v) is 5.42. The third-order valence-electron chi connectivity index (χ3n) is 4.12. The highest BCUT2D eigenvalue weighted by Gasteiger charge is 2.28. The molecule has 1 N–H and O–H groups in total. The Kier molecular flexibility index (Phi) is 3.75. The van der Waals surface area contributed by atoms with Gasteiger partial charge in [0.15, 0.2) is 0 Å². The smallest absolute Gasteiger partial charge is 0.228 e. The number of benzene rings is 1. The summed E-state index contributed by atoms with van der Waals surface area (Å²) in [5, 5.41) is 7.67. The number of aryl methyl sites for hydroxylation is 1. The molecule has 0 bridgehead atoms. The first-order chi connectivity index (χ1) is 10.2. The second-order valence-electron chi connectivity index (χ2n) is 5.42. The molecule has 0 saturated carbocycles. The molecule has 1 unspecified atom stereocenters. The van der Waals surface area contributed by atoms with E-state index in [0.717, 1.165) is 18.7 Å². The molecule has 5 heteroatoms. The molecule has 1 aliphatic rings. The topological polar surface area (TPSA) is 50.2 Å². The van der Waals surface area contributed by atoms with Gasteiger partial charge >= 0.3 is 0 Å². The Bertz CT molecular complexity index is 649. The van der Waals surface area contributed by atoms with Crippen molar-refractivity contribution in [2.75, 3.05) is 18.5 Å². The molecule has 0 spiro atoms. The molecule has 110 valence electrons. The Morgan fingerprint density at radius 3 is 2.86 bits per heavy atom. The third kappa shape index (κ3) is 2.69. The van der Waals surface area contributed by atoms with Crippen molar-refractivity contribution in [2.24, 2.45) is 7.05 Å². The average molecular weight is 284 g/mol. The summed E-state index contributed by atoms with van der Waals surface area (Å²) in [6, 6.07) is 10.2. The number of fused-ring (bicyclic) bond motifs is 1. The largest absolute Gasteiger partial charge is 0.315 e. The van der Waals surface area contributed by atoms with Gasteiger partial charge in [0.1, 0.15) is 0 Å². The van der Waals surface area contributed by atoms with Gasteiger partial charge in [-0.1, -0.05) is 18.2 Å². The van der Waals surface area contributed by atoms with E-state index in [1.54, 1.807) is 4.90 Å². The van der Waals surface area contributed by atoms with Crippen molar-refractivity contribution in [3.8, 4) is 0 Å². The predicted molar refractivity (Wildman–Crippen MR) is 82.1 cm³/mol. The van der Waals surface area contributed by atoms with Crippen molar-refractivity contribution in [1.82, 2.24) is 15.1 Å². The standard InChI is InChI=1S/C16H20N4O/c1-19-15-6-4-3-5-13(15)14(11-16(19)21)17-9-7-12-8-10-18-20(12)2/h3-6,8,10,14,17H,7,9,11H2,1-2H3. The van der Waals surface area contributed by atoms with Gasteiger partial charge in [0, 0.05) is 57.1 Å². The highest BCUT2D eigenvalue weighted by atomic mass is 16.2. The van der Waals surface area contributed by atoms with Gasteiger partial charge in [0.25, 0.3) is 0 Å². The normalized spacial score (nSPS) is 17.9. The van der Waals surface area contributed by atoms with Crippen LogP contribution >= 0.6 is 0 Å². The first-order valence-electron chi connectivity index (χ1n) is 7.22. The number of hydrogen-bond donors (Lipinski definition) is 1. The van der Waals surface area contributed by atoms with Gasteiger partial charge in [0.05, 0.1) is 0 Å². The number of para-hydroxylation sites is 1. The molecular weight excluding hydrogens is 264 g/mol. The van der Waals surface area contributed by atoms with Crippen LogP contribution in [0.5, 0.6) is 0 Å². The summed E-state index contributed by atoms with van der Waals surface area (Å²) in [4.78, 5) is 13.8. The summed E-state index contributed by atoms with van der Waals surface area (Å²) in [7, 11) is 3.79. The lowest BCUT2D eigenvalue weighted by atomic mass is 9.96. The lowest BCUT2D eigenvalue weighted by Gasteiger charge is -2.32. The van der Waals surface area contributed by atoms with Gasteiger partial charge in [-0.25, -0.2) is 0 Å².